The minimum atomic E-state index is -0.0725. The van der Waals surface area contributed by atoms with Crippen LogP contribution in [0.1, 0.15) is 18.1 Å². The summed E-state index contributed by atoms with van der Waals surface area (Å²) in [6.07, 6.45) is 3.48. The second kappa shape index (κ2) is 11.4. The van der Waals surface area contributed by atoms with Crippen LogP contribution in [0, 0.1) is 0 Å². The van der Waals surface area contributed by atoms with Gasteiger partial charge in [-0.2, -0.15) is 0 Å². The van der Waals surface area contributed by atoms with Gasteiger partial charge in [0.05, 0.1) is 12.4 Å². The molecule has 2 aromatic heterocycles. The van der Waals surface area contributed by atoms with E-state index in [1.165, 1.54) is 11.8 Å². The molecule has 0 saturated heterocycles. The maximum atomic E-state index is 12.6. The zero-order valence-corrected chi connectivity index (χ0v) is 19.2. The Morgan fingerprint density at radius 1 is 1.00 bits per heavy atom. The predicted octanol–water partition coefficient (Wildman–Crippen LogP) is 4.27. The first-order valence-electron chi connectivity index (χ1n) is 10.7. The second-order valence-electron chi connectivity index (χ2n) is 7.19. The Bertz CT molecular complexity index is 1180. The van der Waals surface area contributed by atoms with Gasteiger partial charge >= 0.3 is 0 Å². The largest absolute Gasteiger partial charge is 0.377 e. The summed E-state index contributed by atoms with van der Waals surface area (Å²) in [4.78, 5) is 16.8. The molecule has 0 unspecified atom stereocenters. The van der Waals surface area contributed by atoms with E-state index in [1.54, 1.807) is 12.4 Å². The van der Waals surface area contributed by atoms with E-state index in [2.05, 4.69) is 20.5 Å². The van der Waals surface area contributed by atoms with Gasteiger partial charge in [0.15, 0.2) is 11.0 Å². The average Bonchev–Trinajstić information content (AvgIpc) is 3.30. The molecule has 1 amide bonds. The van der Waals surface area contributed by atoms with E-state index >= 15 is 0 Å². The van der Waals surface area contributed by atoms with E-state index in [9.17, 15) is 4.79 Å². The first-order valence-corrected chi connectivity index (χ1v) is 11.7. The Hall–Kier alpha value is -3.49. The highest BCUT2D eigenvalue weighted by molar-refractivity contribution is 7.99. The Kier molecular flexibility index (Phi) is 7.84. The third-order valence-electron chi connectivity index (χ3n) is 4.96. The molecule has 2 aromatic carbocycles. The van der Waals surface area contributed by atoms with Crippen LogP contribution in [-0.2, 0) is 22.7 Å². The number of rotatable bonds is 10. The van der Waals surface area contributed by atoms with Crippen LogP contribution in [0.25, 0.3) is 17.1 Å². The lowest BCUT2D eigenvalue weighted by Crippen LogP contribution is -2.25. The molecule has 4 rings (SSSR count). The van der Waals surface area contributed by atoms with E-state index in [1.807, 2.05) is 78.2 Å². The first-order chi connectivity index (χ1) is 16.3. The highest BCUT2D eigenvalue weighted by Gasteiger charge is 2.17. The van der Waals surface area contributed by atoms with Gasteiger partial charge in [-0.3, -0.25) is 14.3 Å². The van der Waals surface area contributed by atoms with Crippen LogP contribution in [0.2, 0.25) is 0 Å². The van der Waals surface area contributed by atoms with E-state index in [0.717, 1.165) is 22.4 Å². The van der Waals surface area contributed by atoms with Gasteiger partial charge in [0.25, 0.3) is 0 Å². The Morgan fingerprint density at radius 3 is 2.55 bits per heavy atom. The number of pyridine rings is 1. The molecule has 8 heteroatoms. The number of nitrogens with zero attached hydrogens (tertiary/aromatic N) is 4. The molecule has 0 saturated carbocycles. The van der Waals surface area contributed by atoms with Crippen molar-refractivity contribution in [3.05, 3.63) is 90.3 Å². The zero-order valence-electron chi connectivity index (χ0n) is 18.3. The molecule has 0 radical (unpaired) electrons. The number of para-hydroxylation sites is 1. The van der Waals surface area contributed by atoms with E-state index < -0.39 is 0 Å². The Balaban J connectivity index is 1.46. The molecule has 0 bridgehead atoms. The van der Waals surface area contributed by atoms with Crippen molar-refractivity contribution in [2.24, 2.45) is 0 Å². The van der Waals surface area contributed by atoms with Gasteiger partial charge in [-0.15, -0.1) is 10.2 Å². The summed E-state index contributed by atoms with van der Waals surface area (Å²) in [7, 11) is 0. The van der Waals surface area contributed by atoms with Crippen molar-refractivity contribution in [1.29, 1.82) is 0 Å². The van der Waals surface area contributed by atoms with Crippen LogP contribution in [0.3, 0.4) is 0 Å². The third kappa shape index (κ3) is 5.85. The number of benzene rings is 2. The average molecular weight is 460 g/mol. The molecule has 0 aliphatic heterocycles. The van der Waals surface area contributed by atoms with E-state index in [0.29, 0.717) is 30.7 Å². The second-order valence-corrected chi connectivity index (χ2v) is 8.13. The molecule has 0 aliphatic carbocycles. The zero-order chi connectivity index (χ0) is 22.9. The molecule has 4 aromatic rings. The van der Waals surface area contributed by atoms with Gasteiger partial charge in [-0.25, -0.2) is 0 Å². The van der Waals surface area contributed by atoms with E-state index in [4.69, 9.17) is 4.74 Å². The number of carbonyl (C=O) groups is 1. The smallest absolute Gasteiger partial charge is 0.230 e. The number of hydrogen-bond acceptors (Lipinski definition) is 6. The number of thioether (sulfide) groups is 1. The van der Waals surface area contributed by atoms with Crippen molar-refractivity contribution in [2.75, 3.05) is 12.4 Å². The molecular formula is C25H25N5O2S. The summed E-state index contributed by atoms with van der Waals surface area (Å²) in [5.41, 5.74) is 3.91. The molecule has 0 aliphatic rings. The van der Waals surface area contributed by atoms with Crippen LogP contribution in [0.15, 0.2) is 84.3 Å². The van der Waals surface area contributed by atoms with Crippen molar-refractivity contribution in [3.63, 3.8) is 0 Å². The van der Waals surface area contributed by atoms with Crippen molar-refractivity contribution in [3.8, 4) is 17.1 Å². The number of carbonyl (C=O) groups excluding carboxylic acids is 1. The normalized spacial score (nSPS) is 10.8. The Labute approximate surface area is 197 Å². The molecule has 33 heavy (non-hydrogen) atoms. The van der Waals surface area contributed by atoms with Gasteiger partial charge in [0, 0.05) is 36.8 Å². The quantitative estimate of drug-likeness (QED) is 0.357. The fourth-order valence-electron chi connectivity index (χ4n) is 3.31. The lowest BCUT2D eigenvalue weighted by molar-refractivity contribution is -0.118. The monoisotopic (exact) mass is 459 g/mol. The highest BCUT2D eigenvalue weighted by atomic mass is 32.2. The summed E-state index contributed by atoms with van der Waals surface area (Å²) >= 11 is 1.35. The summed E-state index contributed by atoms with van der Waals surface area (Å²) < 4.78 is 7.48. The fraction of sp³-hybridized carbons (Fsp3) is 0.200. The van der Waals surface area contributed by atoms with Crippen LogP contribution < -0.4 is 5.32 Å². The van der Waals surface area contributed by atoms with Gasteiger partial charge in [-0.1, -0.05) is 54.2 Å². The standard InChI is InChI=1S/C25H25N5O2S/c1-2-32-17-21-10-7-6-9-19(21)16-27-23(31)18-33-25-29-28-24(20-11-8-14-26-15-20)30(25)22-12-4-3-5-13-22/h3-15H,2,16-18H2,1H3,(H,27,31). The Morgan fingerprint density at radius 2 is 1.79 bits per heavy atom. The van der Waals surface area contributed by atoms with Crippen molar-refractivity contribution >= 4 is 17.7 Å². The van der Waals surface area contributed by atoms with Crippen molar-refractivity contribution in [2.45, 2.75) is 25.2 Å². The fourth-order valence-corrected chi connectivity index (χ4v) is 4.09. The minimum Gasteiger partial charge on any atom is -0.377 e. The van der Waals surface area contributed by atoms with Crippen LogP contribution in [0.5, 0.6) is 0 Å². The number of amides is 1. The molecule has 2 heterocycles. The van der Waals surface area contributed by atoms with Crippen LogP contribution >= 0.6 is 11.8 Å². The van der Waals surface area contributed by atoms with Crippen LogP contribution in [-0.4, -0.2) is 38.0 Å². The van der Waals surface area contributed by atoms with E-state index in [-0.39, 0.29) is 11.7 Å². The summed E-state index contributed by atoms with van der Waals surface area (Å²) in [5.74, 6) is 0.838. The lowest BCUT2D eigenvalue weighted by Gasteiger charge is -2.11. The van der Waals surface area contributed by atoms with Gasteiger partial charge in [0.2, 0.25) is 5.91 Å². The third-order valence-corrected chi connectivity index (χ3v) is 5.88. The summed E-state index contributed by atoms with van der Waals surface area (Å²) in [6.45, 7) is 3.61. The summed E-state index contributed by atoms with van der Waals surface area (Å²) in [5, 5.41) is 12.4. The SMILES string of the molecule is CCOCc1ccccc1CNC(=O)CSc1nnc(-c2cccnc2)n1-c1ccccc1. The molecule has 0 fully saturated rings. The van der Waals surface area contributed by atoms with Crippen molar-refractivity contribution in [1.82, 2.24) is 25.1 Å². The molecule has 1 N–H and O–H groups in total. The topological polar surface area (TPSA) is 81.9 Å². The van der Waals surface area contributed by atoms with Crippen LogP contribution in [0.4, 0.5) is 0 Å². The minimum absolute atomic E-state index is 0.0725. The molecule has 0 spiro atoms. The molecule has 7 nitrogen and oxygen atoms in total. The maximum Gasteiger partial charge on any atom is 0.230 e. The number of ether oxygens (including phenoxy) is 1. The number of hydrogen-bond donors (Lipinski definition) is 1. The summed E-state index contributed by atoms with van der Waals surface area (Å²) in [6, 6.07) is 21.6. The van der Waals surface area contributed by atoms with Gasteiger partial charge < -0.3 is 10.1 Å². The number of aromatic nitrogens is 4. The lowest BCUT2D eigenvalue weighted by atomic mass is 10.1. The predicted molar refractivity (Wildman–Crippen MR) is 129 cm³/mol. The maximum absolute atomic E-state index is 12.6. The molecule has 0 atom stereocenters. The molecule has 168 valence electrons. The van der Waals surface area contributed by atoms with Gasteiger partial charge in [-0.05, 0) is 42.3 Å². The molecular weight excluding hydrogens is 434 g/mol. The van der Waals surface area contributed by atoms with Crippen molar-refractivity contribution < 1.29 is 9.53 Å². The number of nitrogens with one attached hydrogen (secondary N) is 1. The first kappa shape index (κ1) is 22.7. The highest BCUT2D eigenvalue weighted by Crippen LogP contribution is 2.27. The van der Waals surface area contributed by atoms with Gasteiger partial charge in [0.1, 0.15) is 0 Å².